The fraction of sp³-hybridized carbons (Fsp3) is 0.0714. The maximum absolute atomic E-state index is 9.07. The number of aryl methyl sites for hydroxylation is 1. The predicted octanol–water partition coefficient (Wildman–Crippen LogP) is 4.14. The van der Waals surface area contributed by atoms with E-state index in [4.69, 9.17) is 5.26 Å². The Morgan fingerprint density at radius 1 is 1.06 bits per heavy atom. The summed E-state index contributed by atoms with van der Waals surface area (Å²) in [6.45, 7) is 2.07. The van der Waals surface area contributed by atoms with E-state index in [1.807, 2.05) is 24.3 Å². The number of benzene rings is 2. The van der Waals surface area contributed by atoms with Crippen LogP contribution in [-0.4, -0.2) is 0 Å². The molecule has 1 nitrogen and oxygen atoms in total. The summed E-state index contributed by atoms with van der Waals surface area (Å²) in [6.07, 6.45) is 0. The lowest BCUT2D eigenvalue weighted by Crippen LogP contribution is -1.87. The molecule has 78 valence electrons. The number of halogens is 1. The van der Waals surface area contributed by atoms with Crippen molar-refractivity contribution >= 4 is 22.6 Å². The summed E-state index contributed by atoms with van der Waals surface area (Å²) in [4.78, 5) is 0. The zero-order valence-electron chi connectivity index (χ0n) is 8.87. The number of hydrogen-bond donors (Lipinski definition) is 0. The third-order valence-corrected chi connectivity index (χ3v) is 3.35. The highest BCUT2D eigenvalue weighted by atomic mass is 127. The molecule has 0 aliphatic rings. The van der Waals surface area contributed by atoms with Crippen LogP contribution in [0, 0.1) is 21.8 Å². The molecule has 16 heavy (non-hydrogen) atoms. The highest BCUT2D eigenvalue weighted by Crippen LogP contribution is 2.28. The van der Waals surface area contributed by atoms with Gasteiger partial charge in [-0.05, 0) is 47.2 Å². The summed E-state index contributed by atoms with van der Waals surface area (Å²) in [6, 6.07) is 16.2. The maximum atomic E-state index is 9.07. The van der Waals surface area contributed by atoms with Crippen molar-refractivity contribution in [3.63, 3.8) is 0 Å². The Kier molecular flexibility index (Phi) is 3.25. The molecule has 0 N–H and O–H groups in total. The molecule has 0 heterocycles. The lowest BCUT2D eigenvalue weighted by Gasteiger charge is -2.07. The molecule has 0 aliphatic carbocycles. The summed E-state index contributed by atoms with van der Waals surface area (Å²) in [5, 5.41) is 9.07. The third-order valence-electron chi connectivity index (χ3n) is 2.46. The van der Waals surface area contributed by atoms with E-state index in [9.17, 15) is 0 Å². The van der Waals surface area contributed by atoms with E-state index in [0.29, 0.717) is 0 Å². The van der Waals surface area contributed by atoms with E-state index in [-0.39, 0.29) is 0 Å². The Morgan fingerprint density at radius 3 is 2.50 bits per heavy atom. The van der Waals surface area contributed by atoms with Gasteiger partial charge >= 0.3 is 0 Å². The van der Waals surface area contributed by atoms with Gasteiger partial charge in [0.1, 0.15) is 0 Å². The zero-order chi connectivity index (χ0) is 11.5. The van der Waals surface area contributed by atoms with Crippen molar-refractivity contribution in [2.75, 3.05) is 0 Å². The van der Waals surface area contributed by atoms with E-state index in [1.165, 1.54) is 9.13 Å². The minimum Gasteiger partial charge on any atom is -0.192 e. The summed E-state index contributed by atoms with van der Waals surface area (Å²) in [5.41, 5.74) is 4.10. The van der Waals surface area contributed by atoms with Gasteiger partial charge in [-0.15, -0.1) is 0 Å². The molecular formula is C14H10IN. The minimum atomic E-state index is 0.726. The smallest absolute Gasteiger partial charge is 0.0998 e. The van der Waals surface area contributed by atoms with Crippen LogP contribution in [0.2, 0.25) is 0 Å². The quantitative estimate of drug-likeness (QED) is 0.725. The van der Waals surface area contributed by atoms with Crippen LogP contribution in [0.3, 0.4) is 0 Å². The molecule has 2 aromatic carbocycles. The molecule has 0 saturated carbocycles. The lowest BCUT2D eigenvalue weighted by molar-refractivity contribution is 1.43. The molecule has 0 bridgehead atoms. The average Bonchev–Trinajstić information content (AvgIpc) is 2.29. The number of nitrogens with zero attached hydrogens (tertiary/aromatic N) is 1. The van der Waals surface area contributed by atoms with E-state index in [2.05, 4.69) is 53.8 Å². The fourth-order valence-electron chi connectivity index (χ4n) is 1.65. The third kappa shape index (κ3) is 2.10. The van der Waals surface area contributed by atoms with Gasteiger partial charge in [0, 0.05) is 9.13 Å². The molecule has 0 spiro atoms. The highest BCUT2D eigenvalue weighted by molar-refractivity contribution is 14.1. The first-order valence-electron chi connectivity index (χ1n) is 4.98. The van der Waals surface area contributed by atoms with Crippen LogP contribution in [0.15, 0.2) is 42.5 Å². The van der Waals surface area contributed by atoms with Crippen molar-refractivity contribution in [3.05, 3.63) is 57.2 Å². The molecule has 0 amide bonds. The molecule has 0 fully saturated rings. The Labute approximate surface area is 109 Å². The molecule has 2 aromatic rings. The van der Waals surface area contributed by atoms with Crippen LogP contribution in [0.4, 0.5) is 0 Å². The molecule has 2 heteroatoms. The first-order chi connectivity index (χ1) is 7.72. The molecule has 0 unspecified atom stereocenters. The summed E-state index contributed by atoms with van der Waals surface area (Å²) >= 11 is 2.31. The van der Waals surface area contributed by atoms with Gasteiger partial charge in [0.05, 0.1) is 11.6 Å². The number of rotatable bonds is 1. The lowest BCUT2D eigenvalue weighted by atomic mass is 10.00. The average molecular weight is 319 g/mol. The zero-order valence-corrected chi connectivity index (χ0v) is 11.0. The van der Waals surface area contributed by atoms with Crippen molar-refractivity contribution < 1.29 is 0 Å². The van der Waals surface area contributed by atoms with E-state index in [0.717, 1.165) is 16.7 Å². The monoisotopic (exact) mass is 319 g/mol. The molecule has 0 aromatic heterocycles. The van der Waals surface area contributed by atoms with Crippen molar-refractivity contribution in [1.82, 2.24) is 0 Å². The van der Waals surface area contributed by atoms with Crippen LogP contribution in [0.5, 0.6) is 0 Å². The molecule has 0 aliphatic heterocycles. The number of nitriles is 1. The molecule has 0 radical (unpaired) electrons. The normalized spacial score (nSPS) is 9.81. The van der Waals surface area contributed by atoms with Crippen LogP contribution < -0.4 is 0 Å². The van der Waals surface area contributed by atoms with Gasteiger partial charge in [-0.2, -0.15) is 5.26 Å². The van der Waals surface area contributed by atoms with Crippen molar-refractivity contribution in [2.24, 2.45) is 0 Å². The van der Waals surface area contributed by atoms with Gasteiger partial charge in [-0.3, -0.25) is 0 Å². The van der Waals surface area contributed by atoms with Gasteiger partial charge in [-0.1, -0.05) is 35.9 Å². The van der Waals surface area contributed by atoms with Gasteiger partial charge in [0.15, 0.2) is 0 Å². The predicted molar refractivity (Wildman–Crippen MR) is 74.0 cm³/mol. The molecular weight excluding hydrogens is 309 g/mol. The topological polar surface area (TPSA) is 23.8 Å². The second-order valence-electron chi connectivity index (χ2n) is 3.64. The second-order valence-corrected chi connectivity index (χ2v) is 4.80. The van der Waals surface area contributed by atoms with Crippen molar-refractivity contribution in [3.8, 4) is 17.2 Å². The Balaban J connectivity index is 2.64. The summed E-state index contributed by atoms with van der Waals surface area (Å²) in [7, 11) is 0. The molecule has 2 rings (SSSR count). The minimum absolute atomic E-state index is 0.726. The second kappa shape index (κ2) is 4.67. The van der Waals surface area contributed by atoms with Gasteiger partial charge < -0.3 is 0 Å². The summed E-state index contributed by atoms with van der Waals surface area (Å²) in [5.74, 6) is 0. The van der Waals surface area contributed by atoms with Crippen LogP contribution in [0.1, 0.15) is 11.1 Å². The Morgan fingerprint density at radius 2 is 1.81 bits per heavy atom. The van der Waals surface area contributed by atoms with Crippen LogP contribution in [0.25, 0.3) is 11.1 Å². The van der Waals surface area contributed by atoms with Gasteiger partial charge in [-0.25, -0.2) is 0 Å². The van der Waals surface area contributed by atoms with Crippen LogP contribution in [-0.2, 0) is 0 Å². The maximum Gasteiger partial charge on any atom is 0.0998 e. The van der Waals surface area contributed by atoms with Gasteiger partial charge in [0.2, 0.25) is 0 Å². The standard InChI is InChI=1S/C14H10IN/c1-10-6-7-13(14(15)8-10)12-5-3-2-4-11(12)9-16/h2-8H,1H3. The highest BCUT2D eigenvalue weighted by Gasteiger charge is 2.07. The van der Waals surface area contributed by atoms with Crippen molar-refractivity contribution in [1.29, 1.82) is 5.26 Å². The first-order valence-corrected chi connectivity index (χ1v) is 6.06. The fourth-order valence-corrected chi connectivity index (χ4v) is 2.62. The Hall–Kier alpha value is -1.34. The largest absolute Gasteiger partial charge is 0.192 e. The van der Waals surface area contributed by atoms with Crippen LogP contribution >= 0.6 is 22.6 Å². The molecule has 0 saturated heterocycles. The summed E-state index contributed by atoms with van der Waals surface area (Å²) < 4.78 is 1.18. The Bertz CT molecular complexity index is 567. The van der Waals surface area contributed by atoms with Crippen molar-refractivity contribution in [2.45, 2.75) is 6.92 Å². The van der Waals surface area contributed by atoms with E-state index in [1.54, 1.807) is 0 Å². The molecule has 0 atom stereocenters. The first kappa shape index (κ1) is 11.2. The van der Waals surface area contributed by atoms with Gasteiger partial charge in [0.25, 0.3) is 0 Å². The van der Waals surface area contributed by atoms with E-state index >= 15 is 0 Å². The van der Waals surface area contributed by atoms with E-state index < -0.39 is 0 Å². The SMILES string of the molecule is Cc1ccc(-c2ccccc2C#N)c(I)c1. The number of hydrogen-bond acceptors (Lipinski definition) is 1.